The number of piperidine rings is 1. The van der Waals surface area contributed by atoms with E-state index in [0.29, 0.717) is 0 Å². The summed E-state index contributed by atoms with van der Waals surface area (Å²) in [6.07, 6.45) is 2.68. The van der Waals surface area contributed by atoms with Crippen LogP contribution in [0.3, 0.4) is 0 Å². The van der Waals surface area contributed by atoms with E-state index in [-0.39, 0.29) is 0 Å². The van der Waals surface area contributed by atoms with Gasteiger partial charge in [-0.2, -0.15) is 0 Å². The molecule has 1 atom stereocenters. The van der Waals surface area contributed by atoms with E-state index in [9.17, 15) is 0 Å². The van der Waals surface area contributed by atoms with Crippen LogP contribution in [0.5, 0.6) is 5.75 Å². The highest BCUT2D eigenvalue weighted by Gasteiger charge is 2.24. The van der Waals surface area contributed by atoms with Crippen molar-refractivity contribution in [3.05, 3.63) is 24.3 Å². The molecule has 1 aromatic carbocycles. The van der Waals surface area contributed by atoms with Crippen LogP contribution in [-0.2, 0) is 0 Å². The Morgan fingerprint density at radius 1 is 1.10 bits per heavy atom. The molecule has 4 heteroatoms. The van der Waals surface area contributed by atoms with E-state index in [2.05, 4.69) is 27.2 Å². The maximum atomic E-state index is 5.22. The van der Waals surface area contributed by atoms with Gasteiger partial charge in [0.1, 0.15) is 5.75 Å². The summed E-state index contributed by atoms with van der Waals surface area (Å²) >= 11 is 0. The van der Waals surface area contributed by atoms with Crippen LogP contribution >= 0.6 is 0 Å². The Labute approximate surface area is 121 Å². The van der Waals surface area contributed by atoms with Gasteiger partial charge in [0.15, 0.2) is 0 Å². The van der Waals surface area contributed by atoms with Gasteiger partial charge in [-0.3, -0.25) is 4.90 Å². The minimum atomic E-state index is 0.752. The number of hydrogen-bond acceptors (Lipinski definition) is 4. The van der Waals surface area contributed by atoms with Gasteiger partial charge in [-0.15, -0.1) is 0 Å². The molecule has 1 N–H and O–H groups in total. The van der Waals surface area contributed by atoms with E-state index in [1.54, 1.807) is 7.11 Å². The highest BCUT2D eigenvalue weighted by Crippen LogP contribution is 2.21. The largest absolute Gasteiger partial charge is 0.497 e. The molecule has 20 heavy (non-hydrogen) atoms. The molecule has 2 aliphatic heterocycles. The van der Waals surface area contributed by atoms with Gasteiger partial charge in [0, 0.05) is 44.5 Å². The molecule has 0 aliphatic carbocycles. The third-order valence-corrected chi connectivity index (χ3v) is 4.54. The highest BCUT2D eigenvalue weighted by molar-refractivity contribution is 5.49. The molecule has 0 spiro atoms. The lowest BCUT2D eigenvalue weighted by molar-refractivity contribution is 0.157. The van der Waals surface area contributed by atoms with Crippen molar-refractivity contribution in [2.75, 3.05) is 51.3 Å². The molecular weight excluding hydrogens is 250 g/mol. The van der Waals surface area contributed by atoms with E-state index < -0.39 is 0 Å². The van der Waals surface area contributed by atoms with Gasteiger partial charge >= 0.3 is 0 Å². The zero-order valence-corrected chi connectivity index (χ0v) is 12.3. The topological polar surface area (TPSA) is 27.7 Å². The predicted octanol–water partition coefficient (Wildman–Crippen LogP) is 1.57. The lowest BCUT2D eigenvalue weighted by Gasteiger charge is -2.41. The van der Waals surface area contributed by atoms with Gasteiger partial charge in [-0.1, -0.05) is 0 Å². The number of anilines is 1. The Morgan fingerprint density at radius 2 is 1.85 bits per heavy atom. The van der Waals surface area contributed by atoms with Gasteiger partial charge in [-0.25, -0.2) is 0 Å². The highest BCUT2D eigenvalue weighted by atomic mass is 16.5. The number of benzene rings is 1. The fourth-order valence-electron chi connectivity index (χ4n) is 3.28. The van der Waals surface area contributed by atoms with Crippen molar-refractivity contribution in [1.29, 1.82) is 0 Å². The van der Waals surface area contributed by atoms with Crippen LogP contribution < -0.4 is 15.0 Å². The number of methoxy groups -OCH3 is 1. The first-order valence-corrected chi connectivity index (χ1v) is 7.70. The Balaban J connectivity index is 1.54. The smallest absolute Gasteiger partial charge is 0.119 e. The second kappa shape index (κ2) is 6.46. The van der Waals surface area contributed by atoms with Crippen molar-refractivity contribution in [1.82, 2.24) is 10.2 Å². The molecule has 0 aromatic heterocycles. The van der Waals surface area contributed by atoms with Crippen LogP contribution in [0, 0.1) is 0 Å². The van der Waals surface area contributed by atoms with Crippen LogP contribution in [0.25, 0.3) is 0 Å². The fourth-order valence-corrected chi connectivity index (χ4v) is 3.28. The third-order valence-electron chi connectivity index (χ3n) is 4.54. The van der Waals surface area contributed by atoms with Crippen LogP contribution in [0.15, 0.2) is 24.3 Å². The third kappa shape index (κ3) is 3.07. The maximum absolute atomic E-state index is 5.22. The Bertz CT molecular complexity index is 406. The summed E-state index contributed by atoms with van der Waals surface area (Å²) in [5.74, 6) is 0.931. The van der Waals surface area contributed by atoms with Crippen molar-refractivity contribution < 1.29 is 4.74 Å². The molecule has 3 rings (SSSR count). The number of nitrogens with one attached hydrogen (secondary N) is 1. The normalized spacial score (nSPS) is 24.6. The van der Waals surface area contributed by atoms with E-state index in [1.807, 2.05) is 12.1 Å². The van der Waals surface area contributed by atoms with E-state index >= 15 is 0 Å². The lowest BCUT2D eigenvalue weighted by atomic mass is 10.0. The van der Waals surface area contributed by atoms with Crippen molar-refractivity contribution in [3.8, 4) is 5.75 Å². The van der Waals surface area contributed by atoms with Crippen molar-refractivity contribution >= 4 is 5.69 Å². The second-order valence-electron chi connectivity index (χ2n) is 5.72. The van der Waals surface area contributed by atoms with Gasteiger partial charge in [0.25, 0.3) is 0 Å². The quantitative estimate of drug-likeness (QED) is 0.906. The molecule has 4 nitrogen and oxygen atoms in total. The zero-order chi connectivity index (χ0) is 13.8. The molecule has 0 unspecified atom stereocenters. The Kier molecular flexibility index (Phi) is 4.43. The molecule has 0 bridgehead atoms. The zero-order valence-electron chi connectivity index (χ0n) is 12.3. The van der Waals surface area contributed by atoms with E-state index in [0.717, 1.165) is 24.9 Å². The second-order valence-corrected chi connectivity index (χ2v) is 5.72. The summed E-state index contributed by atoms with van der Waals surface area (Å²) in [5, 5.41) is 3.52. The molecule has 2 fully saturated rings. The number of ether oxygens (including phenoxy) is 1. The van der Waals surface area contributed by atoms with Crippen LogP contribution in [0.2, 0.25) is 0 Å². The SMILES string of the molecule is COc1ccc(N2CCN([C@@H]3CCCNC3)CC2)cc1. The summed E-state index contributed by atoms with van der Waals surface area (Å²) in [6, 6.07) is 9.18. The molecule has 2 aliphatic rings. The molecular formula is C16H25N3O. The average Bonchev–Trinajstić information content (AvgIpc) is 2.56. The Morgan fingerprint density at radius 3 is 2.45 bits per heavy atom. The first-order chi connectivity index (χ1) is 9.86. The van der Waals surface area contributed by atoms with Crippen LogP contribution in [-0.4, -0.2) is 57.3 Å². The summed E-state index contributed by atoms with van der Waals surface area (Å²) in [4.78, 5) is 5.14. The molecule has 2 heterocycles. The first kappa shape index (κ1) is 13.7. The summed E-state index contributed by atoms with van der Waals surface area (Å²) in [7, 11) is 1.71. The number of rotatable bonds is 3. The average molecular weight is 275 g/mol. The monoisotopic (exact) mass is 275 g/mol. The fraction of sp³-hybridized carbons (Fsp3) is 0.625. The summed E-state index contributed by atoms with van der Waals surface area (Å²) in [6.45, 7) is 6.98. The van der Waals surface area contributed by atoms with E-state index in [1.165, 1.54) is 44.7 Å². The Hall–Kier alpha value is -1.26. The number of piperazine rings is 1. The lowest BCUT2D eigenvalue weighted by Crippen LogP contribution is -2.54. The van der Waals surface area contributed by atoms with Crippen molar-refractivity contribution in [3.63, 3.8) is 0 Å². The maximum Gasteiger partial charge on any atom is 0.119 e. The summed E-state index contributed by atoms with van der Waals surface area (Å²) < 4.78 is 5.22. The van der Waals surface area contributed by atoms with Gasteiger partial charge < -0.3 is 15.0 Å². The molecule has 0 radical (unpaired) electrons. The minimum absolute atomic E-state index is 0.752. The van der Waals surface area contributed by atoms with Gasteiger partial charge in [0.2, 0.25) is 0 Å². The predicted molar refractivity (Wildman–Crippen MR) is 82.7 cm³/mol. The standard InChI is InChI=1S/C16H25N3O/c1-20-16-6-4-14(5-7-16)18-9-11-19(12-10-18)15-3-2-8-17-13-15/h4-7,15,17H,2-3,8-13H2,1H3/t15-/m1/s1. The molecule has 2 saturated heterocycles. The molecule has 0 amide bonds. The van der Waals surface area contributed by atoms with Crippen LogP contribution in [0.1, 0.15) is 12.8 Å². The molecule has 1 aromatic rings. The molecule has 0 saturated carbocycles. The summed E-state index contributed by atoms with van der Waals surface area (Å²) in [5.41, 5.74) is 1.31. The van der Waals surface area contributed by atoms with Crippen LogP contribution in [0.4, 0.5) is 5.69 Å². The van der Waals surface area contributed by atoms with Crippen molar-refractivity contribution in [2.45, 2.75) is 18.9 Å². The minimum Gasteiger partial charge on any atom is -0.497 e. The first-order valence-electron chi connectivity index (χ1n) is 7.70. The van der Waals surface area contributed by atoms with E-state index in [4.69, 9.17) is 4.74 Å². The van der Waals surface area contributed by atoms with Crippen molar-refractivity contribution in [2.24, 2.45) is 0 Å². The van der Waals surface area contributed by atoms with Gasteiger partial charge in [0.05, 0.1) is 7.11 Å². The molecule has 110 valence electrons. The number of hydrogen-bond donors (Lipinski definition) is 1. The van der Waals surface area contributed by atoms with Gasteiger partial charge in [-0.05, 0) is 43.7 Å². The number of nitrogens with zero attached hydrogens (tertiary/aromatic N) is 2.